The van der Waals surface area contributed by atoms with Crippen LogP contribution in [0, 0.1) is 11.8 Å². The highest BCUT2D eigenvalue weighted by molar-refractivity contribution is 5.92. The molecule has 1 saturated heterocycles. The summed E-state index contributed by atoms with van der Waals surface area (Å²) in [6.07, 6.45) is 4.39. The van der Waals surface area contributed by atoms with E-state index in [4.69, 9.17) is 5.73 Å². The van der Waals surface area contributed by atoms with Gasteiger partial charge in [-0.3, -0.25) is 24.0 Å². The lowest BCUT2D eigenvalue weighted by atomic mass is 9.85. The number of carbonyl (C=O) groups is 5. The molecule has 11 nitrogen and oxygen atoms in total. The molecule has 3 atom stereocenters. The van der Waals surface area contributed by atoms with Gasteiger partial charge in [-0.15, -0.1) is 0 Å². The summed E-state index contributed by atoms with van der Waals surface area (Å²) in [5.41, 5.74) is 4.80. The van der Waals surface area contributed by atoms with Crippen LogP contribution in [0.5, 0.6) is 0 Å². The van der Waals surface area contributed by atoms with Crippen LogP contribution < -0.4 is 32.3 Å². The number of alkyl halides is 3. The van der Waals surface area contributed by atoms with E-state index in [-0.39, 0.29) is 30.3 Å². The molecular weight excluding hydrogens is 521 g/mol. The quantitative estimate of drug-likeness (QED) is 0.212. The fourth-order valence-corrected chi connectivity index (χ4v) is 4.33. The molecule has 0 aromatic carbocycles. The third-order valence-corrected chi connectivity index (χ3v) is 6.99. The lowest BCUT2D eigenvalue weighted by molar-refractivity contribution is -0.163. The molecule has 2 aliphatic carbocycles. The zero-order valence-electron chi connectivity index (χ0n) is 22.3. The van der Waals surface area contributed by atoms with Crippen LogP contribution in [0.4, 0.5) is 13.2 Å². The Morgan fingerprint density at radius 1 is 0.949 bits per heavy atom. The predicted molar refractivity (Wildman–Crippen MR) is 136 cm³/mol. The van der Waals surface area contributed by atoms with Gasteiger partial charge in [-0.05, 0) is 38.0 Å². The molecule has 3 unspecified atom stereocenters. The Kier molecular flexibility index (Phi) is 13.0. The summed E-state index contributed by atoms with van der Waals surface area (Å²) in [5, 5.41) is 12.2. The first kappa shape index (κ1) is 32.3. The zero-order chi connectivity index (χ0) is 29.0. The van der Waals surface area contributed by atoms with Crippen molar-refractivity contribution >= 4 is 29.5 Å². The Morgan fingerprint density at radius 2 is 1.56 bits per heavy atom. The minimum atomic E-state index is -4.93. The average Bonchev–Trinajstić information content (AvgIpc) is 3.64. The predicted octanol–water partition coefficient (Wildman–Crippen LogP) is 0.375. The van der Waals surface area contributed by atoms with Crippen molar-refractivity contribution in [2.75, 3.05) is 19.6 Å². The van der Waals surface area contributed by atoms with Gasteiger partial charge in [0.2, 0.25) is 29.5 Å². The van der Waals surface area contributed by atoms with Crippen LogP contribution >= 0.6 is 0 Å². The van der Waals surface area contributed by atoms with Gasteiger partial charge in [-0.1, -0.05) is 39.0 Å². The maximum atomic E-state index is 12.6. The Labute approximate surface area is 226 Å². The van der Waals surface area contributed by atoms with Crippen LogP contribution in [0.15, 0.2) is 0 Å². The highest BCUT2D eigenvalue weighted by Crippen LogP contribution is 2.27. The number of nitrogens with one attached hydrogen (secondary N) is 5. The van der Waals surface area contributed by atoms with Crippen molar-refractivity contribution < 1.29 is 37.1 Å². The minimum Gasteiger partial charge on any atom is -0.356 e. The van der Waals surface area contributed by atoms with E-state index in [1.807, 2.05) is 12.2 Å². The van der Waals surface area contributed by atoms with Crippen molar-refractivity contribution in [1.29, 1.82) is 0 Å². The molecule has 5 amide bonds. The van der Waals surface area contributed by atoms with Gasteiger partial charge in [0.1, 0.15) is 6.04 Å². The van der Waals surface area contributed by atoms with Crippen LogP contribution in [0.1, 0.15) is 71.1 Å². The third kappa shape index (κ3) is 12.7. The van der Waals surface area contributed by atoms with Gasteiger partial charge >= 0.3 is 6.18 Å². The van der Waals surface area contributed by atoms with E-state index in [2.05, 4.69) is 21.3 Å². The molecule has 1 aliphatic heterocycles. The fourth-order valence-electron chi connectivity index (χ4n) is 4.33. The number of carbonyl (C=O) groups excluding carboxylic acids is 5. The van der Waals surface area contributed by atoms with E-state index in [1.165, 1.54) is 6.42 Å². The van der Waals surface area contributed by atoms with Gasteiger partial charge in [0, 0.05) is 18.5 Å². The molecule has 14 heteroatoms. The van der Waals surface area contributed by atoms with Crippen molar-refractivity contribution in [3.05, 3.63) is 0 Å². The van der Waals surface area contributed by atoms with Crippen molar-refractivity contribution in [2.24, 2.45) is 17.6 Å². The third-order valence-electron chi connectivity index (χ3n) is 6.99. The summed E-state index contributed by atoms with van der Waals surface area (Å²) in [6.45, 7) is 1.84. The first-order valence-electron chi connectivity index (χ1n) is 13.6. The number of hydrogen-bond donors (Lipinski definition) is 6. The SMILES string of the molecule is CC1CCNC1=O.NC(C(=O)NCC(=O)NC(CCC1CCCCC1)C(=O)NCC(=O)NC1CC1)C(F)(F)F. The van der Waals surface area contributed by atoms with Crippen molar-refractivity contribution in [2.45, 2.75) is 95.4 Å². The van der Waals surface area contributed by atoms with Crippen LogP contribution in [-0.2, 0) is 24.0 Å². The molecular formula is C25H41F3N6O5. The van der Waals surface area contributed by atoms with E-state index in [1.54, 1.807) is 0 Å². The zero-order valence-corrected chi connectivity index (χ0v) is 22.3. The summed E-state index contributed by atoms with van der Waals surface area (Å²) in [7, 11) is 0. The fraction of sp³-hybridized carbons (Fsp3) is 0.800. The molecule has 3 aliphatic rings. The standard InChI is InChI=1S/C20H32F3N5O4.C5H9NO/c21-20(22,23)17(24)19(32)26-11-16(30)28-14(9-6-12-4-2-1-3-5-12)18(31)25-10-15(29)27-13-7-8-13;1-4-2-3-6-5(4)7/h12-14,17H,1-11,24H2,(H,25,31)(H,26,32)(H,27,29)(H,28,30);4H,2-3H2,1H3,(H,6,7). The Bertz CT molecular complexity index is 862. The lowest BCUT2D eigenvalue weighted by Gasteiger charge is -2.24. The summed E-state index contributed by atoms with van der Waals surface area (Å²) in [4.78, 5) is 58.5. The number of halogens is 3. The van der Waals surface area contributed by atoms with Gasteiger partial charge in [-0.2, -0.15) is 13.2 Å². The largest absolute Gasteiger partial charge is 0.412 e. The van der Waals surface area contributed by atoms with E-state index >= 15 is 0 Å². The maximum Gasteiger partial charge on any atom is 0.412 e. The first-order chi connectivity index (χ1) is 18.4. The molecule has 39 heavy (non-hydrogen) atoms. The molecule has 3 rings (SSSR count). The Hall–Kier alpha value is -2.90. The molecule has 0 bridgehead atoms. The van der Waals surface area contributed by atoms with Gasteiger partial charge in [0.15, 0.2) is 6.04 Å². The molecule has 3 fully saturated rings. The number of rotatable bonds is 11. The van der Waals surface area contributed by atoms with Crippen molar-refractivity contribution in [3.63, 3.8) is 0 Å². The van der Waals surface area contributed by atoms with Crippen LogP contribution in [0.25, 0.3) is 0 Å². The average molecular weight is 563 g/mol. The molecule has 222 valence electrons. The molecule has 0 aromatic rings. The lowest BCUT2D eigenvalue weighted by Crippen LogP contribution is -2.54. The van der Waals surface area contributed by atoms with Crippen molar-refractivity contribution in [1.82, 2.24) is 26.6 Å². The minimum absolute atomic E-state index is 0.146. The highest BCUT2D eigenvalue weighted by atomic mass is 19.4. The summed E-state index contributed by atoms with van der Waals surface area (Å²) >= 11 is 0. The second kappa shape index (κ2) is 15.6. The smallest absolute Gasteiger partial charge is 0.356 e. The van der Waals surface area contributed by atoms with E-state index in [9.17, 15) is 37.1 Å². The maximum absolute atomic E-state index is 12.6. The van der Waals surface area contributed by atoms with E-state index in [0.29, 0.717) is 18.8 Å². The monoisotopic (exact) mass is 562 g/mol. The Morgan fingerprint density at radius 3 is 2.08 bits per heavy atom. The van der Waals surface area contributed by atoms with Gasteiger partial charge in [-0.25, -0.2) is 0 Å². The number of nitrogens with two attached hydrogens (primary N) is 1. The molecule has 1 heterocycles. The van der Waals surface area contributed by atoms with Crippen LogP contribution in [0.3, 0.4) is 0 Å². The summed E-state index contributed by atoms with van der Waals surface area (Å²) in [6, 6.07) is -3.56. The Balaban J connectivity index is 0.000000658. The van der Waals surface area contributed by atoms with Crippen molar-refractivity contribution in [3.8, 4) is 0 Å². The second-order valence-electron chi connectivity index (χ2n) is 10.5. The molecule has 0 aromatic heterocycles. The first-order valence-corrected chi connectivity index (χ1v) is 13.6. The normalized spacial score (nSPS) is 20.9. The number of amides is 5. The van der Waals surface area contributed by atoms with Crippen LogP contribution in [0.2, 0.25) is 0 Å². The summed E-state index contributed by atoms with van der Waals surface area (Å²) < 4.78 is 37.4. The second-order valence-corrected chi connectivity index (χ2v) is 10.5. The van der Waals surface area contributed by atoms with E-state index < -0.39 is 42.5 Å². The highest BCUT2D eigenvalue weighted by Gasteiger charge is 2.42. The summed E-state index contributed by atoms with van der Waals surface area (Å²) in [5.74, 6) is -2.34. The van der Waals surface area contributed by atoms with Crippen LogP contribution in [-0.4, -0.2) is 73.5 Å². The topological polar surface area (TPSA) is 172 Å². The molecule has 7 N–H and O–H groups in total. The number of hydrogen-bond acceptors (Lipinski definition) is 6. The van der Waals surface area contributed by atoms with Gasteiger partial charge in [0.05, 0.1) is 13.1 Å². The molecule has 0 spiro atoms. The van der Waals surface area contributed by atoms with E-state index in [0.717, 1.165) is 51.5 Å². The van der Waals surface area contributed by atoms with Gasteiger partial charge in [0.25, 0.3) is 0 Å². The molecule has 0 radical (unpaired) electrons. The molecule has 2 saturated carbocycles. The van der Waals surface area contributed by atoms with Gasteiger partial charge < -0.3 is 32.3 Å².